The Kier molecular flexibility index (Phi) is 2.57. The number of nitrogens with zero attached hydrogens (tertiary/aromatic N) is 2. The molecule has 0 N–H and O–H groups in total. The van der Waals surface area contributed by atoms with E-state index in [0.717, 1.165) is 6.42 Å². The van der Waals surface area contributed by atoms with Crippen LogP contribution in [0.4, 0.5) is 0 Å². The van der Waals surface area contributed by atoms with Gasteiger partial charge in [0.1, 0.15) is 6.33 Å². The van der Waals surface area contributed by atoms with Crippen LogP contribution in [0.25, 0.3) is 0 Å². The van der Waals surface area contributed by atoms with Gasteiger partial charge in [0.05, 0.1) is 22.9 Å². The van der Waals surface area contributed by atoms with Crippen molar-refractivity contribution < 1.29 is 0 Å². The Hall–Kier alpha value is -0.0600. The van der Waals surface area contributed by atoms with Crippen molar-refractivity contribution in [2.24, 2.45) is 5.41 Å². The fourth-order valence-corrected chi connectivity index (χ4v) is 1.41. The summed E-state index contributed by atoms with van der Waals surface area (Å²) in [6, 6.07) is 0. The third kappa shape index (κ3) is 2.81. The fraction of sp³-hybridized carbons (Fsp3) is 0.625. The number of hydrogen-bond donors (Lipinski definition) is 0. The number of rotatable bonds is 1. The van der Waals surface area contributed by atoms with E-state index in [2.05, 4.69) is 48.6 Å². The number of hydrogen-bond acceptors (Lipinski definition) is 1. The molecule has 0 radical (unpaired) electrons. The molecule has 1 aromatic heterocycles. The minimum atomic E-state index is 0.350. The molecule has 1 rings (SSSR count). The van der Waals surface area contributed by atoms with Crippen molar-refractivity contribution in [2.75, 3.05) is 0 Å². The molecule has 0 saturated carbocycles. The highest BCUT2D eigenvalue weighted by atomic mass is 127. The minimum absolute atomic E-state index is 0.350. The first-order valence-electron chi connectivity index (χ1n) is 3.66. The van der Waals surface area contributed by atoms with Gasteiger partial charge in [-0.2, -0.15) is 0 Å². The highest BCUT2D eigenvalue weighted by Crippen LogP contribution is 2.20. The van der Waals surface area contributed by atoms with Crippen molar-refractivity contribution in [3.63, 3.8) is 0 Å². The molecule has 3 heteroatoms. The molecule has 0 bridgehead atoms. The Balaban J connectivity index is 2.72. The molecule has 0 fully saturated rings. The maximum atomic E-state index is 4.06. The summed E-state index contributed by atoms with van der Waals surface area (Å²) in [4.78, 5) is 4.06. The Morgan fingerprint density at radius 1 is 1.55 bits per heavy atom. The lowest BCUT2D eigenvalue weighted by Crippen LogP contribution is -2.10. The quantitative estimate of drug-likeness (QED) is 0.713. The maximum absolute atomic E-state index is 4.06. The van der Waals surface area contributed by atoms with Crippen LogP contribution in [0, 0.1) is 5.41 Å². The maximum Gasteiger partial charge on any atom is 0.104 e. The lowest BCUT2D eigenvalue weighted by atomic mass is 9.91. The summed E-state index contributed by atoms with van der Waals surface area (Å²) in [6.07, 6.45) is 4.84. The molecule has 0 aliphatic rings. The fourth-order valence-electron chi connectivity index (χ4n) is 0.972. The third-order valence-corrected chi connectivity index (χ3v) is 2.25. The molecule has 0 aromatic carbocycles. The monoisotopic (exact) mass is 264 g/mol. The van der Waals surface area contributed by atoms with E-state index >= 15 is 0 Å². The summed E-state index contributed by atoms with van der Waals surface area (Å²) < 4.78 is 2.04. The number of halogens is 1. The molecule has 0 atom stereocenters. The summed E-state index contributed by atoms with van der Waals surface area (Å²) in [5.41, 5.74) is 1.64. The highest BCUT2D eigenvalue weighted by molar-refractivity contribution is 14.1. The van der Waals surface area contributed by atoms with Crippen molar-refractivity contribution in [2.45, 2.75) is 27.2 Å². The molecule has 0 amide bonds. The molecule has 0 spiro atoms. The second-order valence-electron chi connectivity index (χ2n) is 3.93. The topological polar surface area (TPSA) is 17.8 Å². The van der Waals surface area contributed by atoms with Gasteiger partial charge in [-0.25, -0.2) is 4.98 Å². The van der Waals surface area contributed by atoms with Crippen molar-refractivity contribution in [1.29, 1.82) is 0 Å². The highest BCUT2D eigenvalue weighted by Gasteiger charge is 2.13. The summed E-state index contributed by atoms with van der Waals surface area (Å²) >= 11 is 2.25. The van der Waals surface area contributed by atoms with Gasteiger partial charge < -0.3 is 0 Å². The average molecular weight is 264 g/mol. The van der Waals surface area contributed by atoms with E-state index in [-0.39, 0.29) is 0 Å². The SMILES string of the molecule is CC(C)(C)Cc1cncn1I. The standard InChI is InChI=1S/C8H13IN2/c1-8(2,3)4-7-5-10-6-11(7)9/h5-6H,4H2,1-3H3. The number of aromatic nitrogens is 2. The van der Waals surface area contributed by atoms with Gasteiger partial charge in [0.2, 0.25) is 0 Å². The molecule has 62 valence electrons. The Morgan fingerprint density at radius 3 is 2.55 bits per heavy atom. The second-order valence-corrected chi connectivity index (χ2v) is 4.97. The van der Waals surface area contributed by atoms with Crippen LogP contribution in [-0.4, -0.2) is 7.76 Å². The predicted molar refractivity (Wildman–Crippen MR) is 54.8 cm³/mol. The zero-order valence-corrected chi connectivity index (χ0v) is 9.29. The van der Waals surface area contributed by atoms with Gasteiger partial charge in [0, 0.05) is 11.9 Å². The molecule has 1 heterocycles. The van der Waals surface area contributed by atoms with Gasteiger partial charge >= 0.3 is 0 Å². The van der Waals surface area contributed by atoms with E-state index in [9.17, 15) is 0 Å². The van der Waals surface area contributed by atoms with E-state index in [4.69, 9.17) is 0 Å². The van der Waals surface area contributed by atoms with Crippen LogP contribution in [0.2, 0.25) is 0 Å². The first kappa shape index (κ1) is 9.03. The van der Waals surface area contributed by atoms with Gasteiger partial charge in [-0.1, -0.05) is 20.8 Å². The van der Waals surface area contributed by atoms with Gasteiger partial charge in [0.25, 0.3) is 0 Å². The molecule has 11 heavy (non-hydrogen) atoms. The average Bonchev–Trinajstić information content (AvgIpc) is 2.12. The van der Waals surface area contributed by atoms with E-state index < -0.39 is 0 Å². The van der Waals surface area contributed by atoms with E-state index in [1.807, 2.05) is 15.3 Å². The minimum Gasteiger partial charge on any atom is -0.275 e. The van der Waals surface area contributed by atoms with Gasteiger partial charge in [0.15, 0.2) is 0 Å². The third-order valence-electron chi connectivity index (χ3n) is 1.38. The molecule has 0 aliphatic carbocycles. The Morgan fingerprint density at radius 2 is 2.18 bits per heavy atom. The largest absolute Gasteiger partial charge is 0.275 e. The molecule has 2 nitrogen and oxygen atoms in total. The lowest BCUT2D eigenvalue weighted by Gasteiger charge is -2.17. The van der Waals surface area contributed by atoms with Crippen LogP contribution in [0.1, 0.15) is 26.5 Å². The zero-order chi connectivity index (χ0) is 8.48. The van der Waals surface area contributed by atoms with Crippen LogP contribution >= 0.6 is 22.9 Å². The van der Waals surface area contributed by atoms with Gasteiger partial charge in [-0.3, -0.25) is 2.78 Å². The summed E-state index contributed by atoms with van der Waals surface area (Å²) in [5.74, 6) is 0. The second kappa shape index (κ2) is 3.13. The van der Waals surface area contributed by atoms with Crippen LogP contribution in [0.5, 0.6) is 0 Å². The molecule has 0 saturated heterocycles. The first-order valence-corrected chi connectivity index (χ1v) is 4.63. The summed E-state index contributed by atoms with van der Waals surface area (Å²) in [6.45, 7) is 6.70. The van der Waals surface area contributed by atoms with Crippen molar-refractivity contribution in [3.05, 3.63) is 18.2 Å². The molecular formula is C8H13IN2. The van der Waals surface area contributed by atoms with Gasteiger partial charge in [-0.05, 0) is 11.8 Å². The molecule has 1 aromatic rings. The Bertz CT molecular complexity index is 234. The number of imidazole rings is 1. The van der Waals surface area contributed by atoms with Crippen molar-refractivity contribution >= 4 is 22.9 Å². The van der Waals surface area contributed by atoms with Crippen molar-refractivity contribution in [1.82, 2.24) is 7.76 Å². The van der Waals surface area contributed by atoms with Gasteiger partial charge in [-0.15, -0.1) is 0 Å². The lowest BCUT2D eigenvalue weighted by molar-refractivity contribution is 0.406. The predicted octanol–water partition coefficient (Wildman–Crippen LogP) is 2.67. The first-order chi connectivity index (χ1) is 4.99. The van der Waals surface area contributed by atoms with Crippen LogP contribution < -0.4 is 0 Å². The van der Waals surface area contributed by atoms with Crippen molar-refractivity contribution in [3.8, 4) is 0 Å². The normalized spacial score (nSPS) is 12.0. The summed E-state index contributed by atoms with van der Waals surface area (Å²) in [7, 11) is 0. The summed E-state index contributed by atoms with van der Waals surface area (Å²) in [5, 5.41) is 0. The molecular weight excluding hydrogens is 251 g/mol. The van der Waals surface area contributed by atoms with Crippen LogP contribution in [-0.2, 0) is 6.42 Å². The zero-order valence-electron chi connectivity index (χ0n) is 7.13. The van der Waals surface area contributed by atoms with E-state index in [1.54, 1.807) is 0 Å². The smallest absolute Gasteiger partial charge is 0.104 e. The van der Waals surface area contributed by atoms with E-state index in [0.29, 0.717) is 5.41 Å². The molecule has 0 unspecified atom stereocenters. The van der Waals surface area contributed by atoms with Crippen LogP contribution in [0.15, 0.2) is 12.5 Å². The van der Waals surface area contributed by atoms with Crippen LogP contribution in [0.3, 0.4) is 0 Å². The van der Waals surface area contributed by atoms with E-state index in [1.165, 1.54) is 5.69 Å². The molecule has 0 aliphatic heterocycles. The Labute approximate surface area is 81.5 Å².